The van der Waals surface area contributed by atoms with Gasteiger partial charge in [-0.25, -0.2) is 21.6 Å². The number of nitro groups is 1. The van der Waals surface area contributed by atoms with Crippen LogP contribution >= 0.6 is 0 Å². The standard InChI is InChI=1S/C17H19N3O7S2/c21-20(22)16-5-1-2-6-17(16)29(25,26)19-13-7-9-15(10-8-13)28(23,24)18-12-14-4-3-11-27-14/h1-2,5-10,14,18-19H,3-4,11-12H2/t14-/m1/s1. The average Bonchev–Trinajstić information content (AvgIpc) is 3.20. The van der Waals surface area contributed by atoms with Gasteiger partial charge in [-0.3, -0.25) is 14.8 Å². The van der Waals surface area contributed by atoms with Crippen molar-refractivity contribution in [1.82, 2.24) is 4.72 Å². The molecule has 12 heteroatoms. The van der Waals surface area contributed by atoms with Crippen LogP contribution < -0.4 is 9.44 Å². The number of nitro benzene ring substituents is 1. The third-order valence-electron chi connectivity index (χ3n) is 4.29. The van der Waals surface area contributed by atoms with Gasteiger partial charge in [0.15, 0.2) is 4.90 Å². The van der Waals surface area contributed by atoms with E-state index in [1.165, 1.54) is 36.4 Å². The van der Waals surface area contributed by atoms with E-state index in [-0.39, 0.29) is 23.2 Å². The Labute approximate surface area is 168 Å². The molecule has 1 aliphatic heterocycles. The fourth-order valence-electron chi connectivity index (χ4n) is 2.84. The van der Waals surface area contributed by atoms with Gasteiger partial charge >= 0.3 is 0 Å². The summed E-state index contributed by atoms with van der Waals surface area (Å²) in [5, 5.41) is 11.1. The quantitative estimate of drug-likeness (QED) is 0.470. The van der Waals surface area contributed by atoms with Crippen molar-refractivity contribution in [2.75, 3.05) is 17.9 Å². The van der Waals surface area contributed by atoms with E-state index in [2.05, 4.69) is 9.44 Å². The summed E-state index contributed by atoms with van der Waals surface area (Å²) in [4.78, 5) is 9.75. The highest BCUT2D eigenvalue weighted by molar-refractivity contribution is 7.93. The van der Waals surface area contributed by atoms with E-state index in [0.29, 0.717) is 6.61 Å². The summed E-state index contributed by atoms with van der Waals surface area (Å²) in [6, 6.07) is 9.97. The fourth-order valence-corrected chi connectivity index (χ4v) is 5.14. The molecule has 2 aromatic carbocycles. The second-order valence-corrected chi connectivity index (χ2v) is 9.76. The van der Waals surface area contributed by atoms with Crippen LogP contribution in [-0.2, 0) is 24.8 Å². The third-order valence-corrected chi connectivity index (χ3v) is 7.16. The number of ether oxygens (including phenoxy) is 1. The molecule has 10 nitrogen and oxygen atoms in total. The van der Waals surface area contributed by atoms with Crippen LogP contribution in [0, 0.1) is 10.1 Å². The SMILES string of the molecule is O=[N+]([O-])c1ccccc1S(=O)(=O)Nc1ccc(S(=O)(=O)NC[C@H]2CCCO2)cc1. The minimum Gasteiger partial charge on any atom is -0.377 e. The lowest BCUT2D eigenvalue weighted by molar-refractivity contribution is -0.387. The third kappa shape index (κ3) is 5.09. The molecule has 1 atom stereocenters. The van der Waals surface area contributed by atoms with E-state index in [1.54, 1.807) is 0 Å². The van der Waals surface area contributed by atoms with Gasteiger partial charge in [-0.1, -0.05) is 12.1 Å². The van der Waals surface area contributed by atoms with Gasteiger partial charge in [-0.05, 0) is 43.2 Å². The van der Waals surface area contributed by atoms with Crippen LogP contribution in [0.15, 0.2) is 58.3 Å². The Bertz CT molecular complexity index is 1090. The number of benzene rings is 2. The fraction of sp³-hybridized carbons (Fsp3) is 0.294. The molecule has 1 fully saturated rings. The van der Waals surface area contributed by atoms with Gasteiger partial charge in [0.1, 0.15) is 0 Å². The molecule has 0 aliphatic carbocycles. The lowest BCUT2D eigenvalue weighted by Crippen LogP contribution is -2.31. The van der Waals surface area contributed by atoms with Gasteiger partial charge < -0.3 is 4.74 Å². The zero-order valence-corrected chi connectivity index (χ0v) is 16.8. The maximum atomic E-state index is 12.5. The Hall–Kier alpha value is -2.54. The zero-order chi connectivity index (χ0) is 21.1. The predicted molar refractivity (Wildman–Crippen MR) is 105 cm³/mol. The van der Waals surface area contributed by atoms with E-state index >= 15 is 0 Å². The number of anilines is 1. The molecule has 2 aromatic rings. The van der Waals surface area contributed by atoms with Crippen molar-refractivity contribution in [2.24, 2.45) is 0 Å². The molecule has 0 spiro atoms. The number of nitrogens with zero attached hydrogens (tertiary/aromatic N) is 1. The summed E-state index contributed by atoms with van der Waals surface area (Å²) in [6.45, 7) is 0.773. The highest BCUT2D eigenvalue weighted by Crippen LogP contribution is 2.25. The molecule has 0 radical (unpaired) electrons. The molecule has 0 bridgehead atoms. The Morgan fingerprint density at radius 3 is 2.34 bits per heavy atom. The van der Waals surface area contributed by atoms with E-state index in [1.807, 2.05) is 0 Å². The number of hydrogen-bond acceptors (Lipinski definition) is 7. The average molecular weight is 441 g/mol. The lowest BCUT2D eigenvalue weighted by Gasteiger charge is -2.12. The smallest absolute Gasteiger partial charge is 0.289 e. The Kier molecular flexibility index (Phi) is 6.17. The lowest BCUT2D eigenvalue weighted by atomic mass is 10.2. The minimum absolute atomic E-state index is 0.0378. The molecule has 156 valence electrons. The molecule has 2 N–H and O–H groups in total. The zero-order valence-electron chi connectivity index (χ0n) is 15.1. The van der Waals surface area contributed by atoms with Crippen LogP contribution in [0.5, 0.6) is 0 Å². The Morgan fingerprint density at radius 2 is 1.72 bits per heavy atom. The van der Waals surface area contributed by atoms with Crippen LogP contribution in [-0.4, -0.2) is 41.0 Å². The number of hydrogen-bond donors (Lipinski definition) is 2. The Balaban J connectivity index is 1.74. The molecule has 0 amide bonds. The second kappa shape index (κ2) is 8.45. The van der Waals surface area contributed by atoms with Crippen LogP contribution in [0.2, 0.25) is 0 Å². The van der Waals surface area contributed by atoms with Crippen molar-refractivity contribution in [3.05, 3.63) is 58.6 Å². The maximum Gasteiger partial charge on any atom is 0.289 e. The van der Waals surface area contributed by atoms with Crippen molar-refractivity contribution in [3.63, 3.8) is 0 Å². The number of rotatable bonds is 8. The second-order valence-electron chi connectivity index (χ2n) is 6.34. The molecule has 0 unspecified atom stereocenters. The normalized spacial score (nSPS) is 17.2. The summed E-state index contributed by atoms with van der Waals surface area (Å²) in [5.74, 6) is 0. The van der Waals surface area contributed by atoms with Gasteiger partial charge in [-0.2, -0.15) is 0 Å². The van der Waals surface area contributed by atoms with Gasteiger partial charge in [-0.15, -0.1) is 0 Å². The summed E-state index contributed by atoms with van der Waals surface area (Å²) in [6.07, 6.45) is 1.52. The van der Waals surface area contributed by atoms with Gasteiger partial charge in [0.2, 0.25) is 10.0 Å². The molecule has 1 heterocycles. The van der Waals surface area contributed by atoms with Crippen molar-refractivity contribution < 1.29 is 26.5 Å². The van der Waals surface area contributed by atoms with Crippen molar-refractivity contribution in [2.45, 2.75) is 28.7 Å². The highest BCUT2D eigenvalue weighted by atomic mass is 32.2. The highest BCUT2D eigenvalue weighted by Gasteiger charge is 2.25. The van der Waals surface area contributed by atoms with Gasteiger partial charge in [0.25, 0.3) is 15.7 Å². The number of sulfonamides is 2. The van der Waals surface area contributed by atoms with E-state index in [0.717, 1.165) is 25.0 Å². The molecule has 1 aliphatic rings. The van der Waals surface area contributed by atoms with Crippen LogP contribution in [0.1, 0.15) is 12.8 Å². The molecular weight excluding hydrogens is 422 g/mol. The first-order valence-electron chi connectivity index (χ1n) is 8.67. The van der Waals surface area contributed by atoms with Gasteiger partial charge in [0, 0.05) is 24.9 Å². The topological polar surface area (TPSA) is 145 Å². The summed E-state index contributed by atoms with van der Waals surface area (Å²) < 4.78 is 59.7. The van der Waals surface area contributed by atoms with E-state index < -0.39 is 35.6 Å². The largest absolute Gasteiger partial charge is 0.377 e. The Morgan fingerprint density at radius 1 is 1.03 bits per heavy atom. The monoisotopic (exact) mass is 441 g/mol. The molecular formula is C17H19N3O7S2. The van der Waals surface area contributed by atoms with Crippen molar-refractivity contribution in [1.29, 1.82) is 0 Å². The first-order chi connectivity index (χ1) is 13.7. The first kappa shape index (κ1) is 21.2. The summed E-state index contributed by atoms with van der Waals surface area (Å²) in [5.41, 5.74) is -0.487. The minimum atomic E-state index is -4.23. The number of nitrogens with one attached hydrogen (secondary N) is 2. The first-order valence-corrected chi connectivity index (χ1v) is 11.6. The van der Waals surface area contributed by atoms with Crippen molar-refractivity contribution >= 4 is 31.4 Å². The summed E-state index contributed by atoms with van der Waals surface area (Å²) >= 11 is 0. The van der Waals surface area contributed by atoms with Crippen LogP contribution in [0.25, 0.3) is 0 Å². The van der Waals surface area contributed by atoms with Crippen molar-refractivity contribution in [3.8, 4) is 0 Å². The summed E-state index contributed by atoms with van der Waals surface area (Å²) in [7, 11) is -8.01. The van der Waals surface area contributed by atoms with Crippen LogP contribution in [0.3, 0.4) is 0 Å². The predicted octanol–water partition coefficient (Wildman–Crippen LogP) is 1.85. The molecule has 1 saturated heterocycles. The molecule has 29 heavy (non-hydrogen) atoms. The van der Waals surface area contributed by atoms with Crippen LogP contribution in [0.4, 0.5) is 11.4 Å². The molecule has 3 rings (SSSR count). The maximum absolute atomic E-state index is 12.5. The van der Waals surface area contributed by atoms with E-state index in [9.17, 15) is 26.9 Å². The molecule has 0 saturated carbocycles. The van der Waals surface area contributed by atoms with Gasteiger partial charge in [0.05, 0.1) is 15.9 Å². The molecule has 0 aromatic heterocycles. The number of para-hydroxylation sites is 1. The van der Waals surface area contributed by atoms with E-state index in [4.69, 9.17) is 4.74 Å².